The summed E-state index contributed by atoms with van der Waals surface area (Å²) in [6.07, 6.45) is -0.738. The SMILES string of the molecule is CNC(=O)C1CN(C(=O)CSc2nnc(N3CCOCC3)s2)c2ccccc2O1. The second-order valence-electron chi connectivity index (χ2n) is 6.43. The highest BCUT2D eigenvalue weighted by atomic mass is 32.2. The van der Waals surface area contributed by atoms with Gasteiger partial charge in [-0.2, -0.15) is 0 Å². The minimum Gasteiger partial charge on any atom is -0.477 e. The van der Waals surface area contributed by atoms with Crippen LogP contribution in [0.5, 0.6) is 5.75 Å². The number of benzene rings is 1. The van der Waals surface area contributed by atoms with E-state index in [1.807, 2.05) is 18.2 Å². The third-order valence-corrected chi connectivity index (χ3v) is 6.71. The Bertz CT molecular complexity index is 887. The van der Waals surface area contributed by atoms with E-state index in [0.717, 1.165) is 22.6 Å². The summed E-state index contributed by atoms with van der Waals surface area (Å²) in [7, 11) is 1.55. The zero-order valence-electron chi connectivity index (χ0n) is 15.9. The molecule has 1 atom stereocenters. The standard InChI is InChI=1S/C18H21N5O4S2/c1-19-16(25)14-10-23(12-4-2-3-5-13(12)27-14)15(24)11-28-18-21-20-17(29-18)22-6-8-26-9-7-22/h2-5,14H,6-11H2,1H3,(H,19,25). The largest absolute Gasteiger partial charge is 0.477 e. The number of aromatic nitrogens is 2. The molecule has 2 aliphatic rings. The highest BCUT2D eigenvalue weighted by Crippen LogP contribution is 2.34. The van der Waals surface area contributed by atoms with Crippen LogP contribution in [-0.2, 0) is 14.3 Å². The van der Waals surface area contributed by atoms with Gasteiger partial charge in [-0.25, -0.2) is 0 Å². The van der Waals surface area contributed by atoms with Gasteiger partial charge in [0.2, 0.25) is 11.0 Å². The van der Waals surface area contributed by atoms with E-state index >= 15 is 0 Å². The van der Waals surface area contributed by atoms with E-state index in [4.69, 9.17) is 9.47 Å². The Morgan fingerprint density at radius 1 is 1.28 bits per heavy atom. The topological polar surface area (TPSA) is 96.9 Å². The number of carbonyl (C=O) groups is 2. The molecule has 0 spiro atoms. The van der Waals surface area contributed by atoms with Gasteiger partial charge < -0.3 is 24.6 Å². The van der Waals surface area contributed by atoms with Crippen molar-refractivity contribution in [1.29, 1.82) is 0 Å². The molecule has 2 aromatic rings. The molecule has 0 saturated carbocycles. The number of fused-ring (bicyclic) bond motifs is 1. The summed E-state index contributed by atoms with van der Waals surface area (Å²) >= 11 is 2.83. The molecule has 29 heavy (non-hydrogen) atoms. The maximum atomic E-state index is 12.9. The van der Waals surface area contributed by atoms with E-state index in [2.05, 4.69) is 20.4 Å². The van der Waals surface area contributed by atoms with Gasteiger partial charge in [0.25, 0.3) is 5.91 Å². The molecule has 1 aromatic carbocycles. The molecule has 4 rings (SSSR count). The van der Waals surface area contributed by atoms with Gasteiger partial charge in [-0.3, -0.25) is 9.59 Å². The van der Waals surface area contributed by atoms with Crippen molar-refractivity contribution in [2.75, 3.05) is 55.4 Å². The Balaban J connectivity index is 1.42. The number of nitrogens with zero attached hydrogens (tertiary/aromatic N) is 4. The number of thioether (sulfide) groups is 1. The van der Waals surface area contributed by atoms with Gasteiger partial charge in [0, 0.05) is 20.1 Å². The second kappa shape index (κ2) is 8.97. The van der Waals surface area contributed by atoms with Gasteiger partial charge in [0.05, 0.1) is 31.2 Å². The number of likely N-dealkylation sites (N-methyl/N-ethyl adjacent to an activating group) is 1. The quantitative estimate of drug-likeness (QED) is 0.695. The molecule has 0 radical (unpaired) electrons. The molecule has 2 amide bonds. The van der Waals surface area contributed by atoms with Crippen LogP contribution in [-0.4, -0.2) is 73.8 Å². The first kappa shape index (κ1) is 19.9. The Morgan fingerprint density at radius 2 is 2.07 bits per heavy atom. The number of nitrogens with one attached hydrogen (secondary N) is 1. The van der Waals surface area contributed by atoms with E-state index in [9.17, 15) is 9.59 Å². The Labute approximate surface area is 176 Å². The first-order valence-corrected chi connectivity index (χ1v) is 11.0. The van der Waals surface area contributed by atoms with Crippen molar-refractivity contribution >= 4 is 45.7 Å². The van der Waals surface area contributed by atoms with Crippen LogP contribution in [0.25, 0.3) is 0 Å². The highest BCUT2D eigenvalue weighted by molar-refractivity contribution is 8.01. The summed E-state index contributed by atoms with van der Waals surface area (Å²) in [6, 6.07) is 7.24. The first-order valence-electron chi connectivity index (χ1n) is 9.22. The average molecular weight is 436 g/mol. The molecule has 1 fully saturated rings. The monoisotopic (exact) mass is 435 g/mol. The van der Waals surface area contributed by atoms with E-state index in [1.54, 1.807) is 18.0 Å². The lowest BCUT2D eigenvalue weighted by molar-refractivity contribution is -0.127. The Kier molecular flexibility index (Phi) is 6.16. The zero-order chi connectivity index (χ0) is 20.2. The van der Waals surface area contributed by atoms with Gasteiger partial charge >= 0.3 is 0 Å². The molecule has 1 N–H and O–H groups in total. The van der Waals surface area contributed by atoms with Crippen molar-refractivity contribution in [3.8, 4) is 5.75 Å². The lowest BCUT2D eigenvalue weighted by Crippen LogP contribution is -2.50. The number of amides is 2. The number of ether oxygens (including phenoxy) is 2. The lowest BCUT2D eigenvalue weighted by Gasteiger charge is -2.33. The minimum absolute atomic E-state index is 0.109. The molecule has 3 heterocycles. The summed E-state index contributed by atoms with van der Waals surface area (Å²) in [5, 5.41) is 11.9. The third kappa shape index (κ3) is 4.46. The zero-order valence-corrected chi connectivity index (χ0v) is 17.5. The lowest BCUT2D eigenvalue weighted by atomic mass is 10.2. The van der Waals surface area contributed by atoms with Crippen molar-refractivity contribution in [2.45, 2.75) is 10.4 Å². The van der Waals surface area contributed by atoms with Gasteiger partial charge in [0.1, 0.15) is 5.75 Å². The fourth-order valence-corrected chi connectivity index (χ4v) is 4.88. The number of anilines is 2. The molecule has 11 heteroatoms. The Morgan fingerprint density at radius 3 is 2.86 bits per heavy atom. The minimum atomic E-state index is -0.738. The summed E-state index contributed by atoms with van der Waals surface area (Å²) < 4.78 is 11.8. The molecule has 1 aromatic heterocycles. The molecule has 2 aliphatic heterocycles. The first-order chi connectivity index (χ1) is 14.2. The number of hydrogen-bond acceptors (Lipinski definition) is 9. The summed E-state index contributed by atoms with van der Waals surface area (Å²) in [4.78, 5) is 28.8. The molecule has 0 aliphatic carbocycles. The van der Waals surface area contributed by atoms with Gasteiger partial charge in [-0.1, -0.05) is 35.2 Å². The van der Waals surface area contributed by atoms with Crippen molar-refractivity contribution in [3.63, 3.8) is 0 Å². The van der Waals surface area contributed by atoms with Crippen LogP contribution in [0.2, 0.25) is 0 Å². The Hall–Kier alpha value is -2.37. The van der Waals surface area contributed by atoms with Crippen molar-refractivity contribution in [3.05, 3.63) is 24.3 Å². The number of carbonyl (C=O) groups excluding carboxylic acids is 2. The molecule has 9 nitrogen and oxygen atoms in total. The van der Waals surface area contributed by atoms with E-state index in [-0.39, 0.29) is 24.1 Å². The van der Waals surface area contributed by atoms with E-state index in [1.165, 1.54) is 23.1 Å². The summed E-state index contributed by atoms with van der Waals surface area (Å²) in [6.45, 7) is 3.13. The number of para-hydroxylation sites is 2. The van der Waals surface area contributed by atoms with E-state index < -0.39 is 6.10 Å². The van der Waals surface area contributed by atoms with E-state index in [0.29, 0.717) is 24.7 Å². The van der Waals surface area contributed by atoms with Crippen LogP contribution in [0, 0.1) is 0 Å². The normalized spacial score (nSPS) is 18.7. The maximum Gasteiger partial charge on any atom is 0.262 e. The van der Waals surface area contributed by atoms with Crippen molar-refractivity contribution < 1.29 is 19.1 Å². The molecule has 154 valence electrons. The summed E-state index contributed by atoms with van der Waals surface area (Å²) in [5.41, 5.74) is 0.671. The molecule has 0 bridgehead atoms. The van der Waals surface area contributed by atoms with Gasteiger partial charge in [0.15, 0.2) is 10.4 Å². The number of rotatable bonds is 5. The van der Waals surface area contributed by atoms with Crippen LogP contribution in [0.1, 0.15) is 0 Å². The van der Waals surface area contributed by atoms with Crippen LogP contribution in [0.15, 0.2) is 28.6 Å². The summed E-state index contributed by atoms with van der Waals surface area (Å²) in [5.74, 6) is 0.357. The van der Waals surface area contributed by atoms with Crippen molar-refractivity contribution in [1.82, 2.24) is 15.5 Å². The molecule has 1 saturated heterocycles. The fraction of sp³-hybridized carbons (Fsp3) is 0.444. The van der Waals surface area contributed by atoms with Crippen LogP contribution in [0.4, 0.5) is 10.8 Å². The highest BCUT2D eigenvalue weighted by Gasteiger charge is 2.33. The predicted octanol–water partition coefficient (Wildman–Crippen LogP) is 1.01. The third-order valence-electron chi connectivity index (χ3n) is 4.61. The molecular formula is C18H21N5O4S2. The van der Waals surface area contributed by atoms with Crippen molar-refractivity contribution in [2.24, 2.45) is 0 Å². The number of morpholine rings is 1. The predicted molar refractivity (Wildman–Crippen MR) is 111 cm³/mol. The van der Waals surface area contributed by atoms with Crippen LogP contribution < -0.4 is 19.9 Å². The van der Waals surface area contributed by atoms with Gasteiger partial charge in [-0.05, 0) is 12.1 Å². The second-order valence-corrected chi connectivity index (χ2v) is 8.61. The molecule has 1 unspecified atom stereocenters. The van der Waals surface area contributed by atoms with Crippen LogP contribution >= 0.6 is 23.1 Å². The van der Waals surface area contributed by atoms with Gasteiger partial charge in [-0.15, -0.1) is 10.2 Å². The smallest absolute Gasteiger partial charge is 0.262 e. The molecular weight excluding hydrogens is 414 g/mol. The van der Waals surface area contributed by atoms with Crippen LogP contribution in [0.3, 0.4) is 0 Å². The average Bonchev–Trinajstić information content (AvgIpc) is 3.26. The fourth-order valence-electron chi connectivity index (χ4n) is 3.11. The number of hydrogen-bond donors (Lipinski definition) is 1. The maximum absolute atomic E-state index is 12.9.